The number of rotatable bonds is 6. The maximum Gasteiger partial charge on any atom is 0.416 e. The Morgan fingerprint density at radius 3 is 2.31 bits per heavy atom. The van der Waals surface area contributed by atoms with Crippen LogP contribution in [-0.4, -0.2) is 25.3 Å². The molecule has 0 atom stereocenters. The molecule has 0 radical (unpaired) electrons. The summed E-state index contributed by atoms with van der Waals surface area (Å²) >= 11 is 0. The van der Waals surface area contributed by atoms with Crippen molar-refractivity contribution in [2.24, 2.45) is 0 Å². The van der Waals surface area contributed by atoms with Crippen molar-refractivity contribution in [2.75, 3.05) is 19.5 Å². The van der Waals surface area contributed by atoms with Gasteiger partial charge in [-0.3, -0.25) is 4.84 Å². The van der Waals surface area contributed by atoms with E-state index in [4.69, 9.17) is 4.84 Å². The quantitative estimate of drug-likeness (QED) is 0.739. The molecule has 0 unspecified atom stereocenters. The molecule has 140 valence electrons. The van der Waals surface area contributed by atoms with E-state index in [0.717, 1.165) is 16.7 Å². The summed E-state index contributed by atoms with van der Waals surface area (Å²) in [5.41, 5.74) is 1.67. The molecule has 2 rings (SSSR count). The van der Waals surface area contributed by atoms with Crippen molar-refractivity contribution >= 4 is 11.7 Å². The molecule has 26 heavy (non-hydrogen) atoms. The Balaban J connectivity index is 1.92. The summed E-state index contributed by atoms with van der Waals surface area (Å²) in [5.74, 6) is 0. The Morgan fingerprint density at radius 1 is 1.08 bits per heavy atom. The zero-order valence-electron chi connectivity index (χ0n) is 14.6. The Bertz CT molecular complexity index is 748. The molecule has 2 aromatic rings. The van der Waals surface area contributed by atoms with Crippen LogP contribution in [0.4, 0.5) is 23.7 Å². The summed E-state index contributed by atoms with van der Waals surface area (Å²) < 4.78 is 38.2. The van der Waals surface area contributed by atoms with Crippen molar-refractivity contribution in [3.8, 4) is 0 Å². The number of amides is 2. The van der Waals surface area contributed by atoms with Gasteiger partial charge in [0.25, 0.3) is 0 Å². The molecular formula is C19H21F3N2O2. The molecule has 7 heteroatoms. The minimum Gasteiger partial charge on any atom is -0.306 e. The summed E-state index contributed by atoms with van der Waals surface area (Å²) in [6.07, 6.45) is -2.37. The molecule has 0 aliphatic heterocycles. The molecule has 0 spiro atoms. The highest BCUT2D eigenvalue weighted by Crippen LogP contribution is 2.29. The predicted molar refractivity (Wildman–Crippen MR) is 93.7 cm³/mol. The predicted octanol–water partition coefficient (Wildman–Crippen LogP) is 4.91. The Kier molecular flexibility index (Phi) is 6.63. The number of alkyl halides is 3. The summed E-state index contributed by atoms with van der Waals surface area (Å²) in [5, 5.41) is 3.77. The number of hydroxylamine groups is 2. The van der Waals surface area contributed by atoms with Crippen LogP contribution in [0.1, 0.15) is 23.1 Å². The number of halogens is 3. The van der Waals surface area contributed by atoms with Crippen molar-refractivity contribution in [1.29, 1.82) is 0 Å². The van der Waals surface area contributed by atoms with Crippen LogP contribution in [0.5, 0.6) is 0 Å². The van der Waals surface area contributed by atoms with Gasteiger partial charge in [0.05, 0.1) is 12.7 Å². The number of benzene rings is 2. The molecule has 1 N–H and O–H groups in total. The minimum absolute atomic E-state index is 0.395. The number of carbonyl (C=O) groups excluding carboxylic acids is 1. The fraction of sp³-hybridized carbons (Fsp3) is 0.316. The van der Waals surface area contributed by atoms with E-state index in [2.05, 4.69) is 5.32 Å². The van der Waals surface area contributed by atoms with E-state index in [0.29, 0.717) is 30.5 Å². The fourth-order valence-corrected chi connectivity index (χ4v) is 2.49. The molecular weight excluding hydrogens is 345 g/mol. The van der Waals surface area contributed by atoms with E-state index in [1.807, 2.05) is 18.2 Å². The molecule has 0 aliphatic rings. The molecule has 0 heterocycles. The number of anilines is 1. The number of nitrogens with one attached hydrogen (secondary N) is 1. The molecule has 0 fully saturated rings. The first kappa shape index (κ1) is 19.8. The third kappa shape index (κ3) is 5.77. The number of urea groups is 1. The van der Waals surface area contributed by atoms with Gasteiger partial charge >= 0.3 is 12.2 Å². The number of carbonyl (C=O) groups is 1. The van der Waals surface area contributed by atoms with Gasteiger partial charge in [0.2, 0.25) is 0 Å². The van der Waals surface area contributed by atoms with E-state index in [1.54, 1.807) is 12.1 Å². The van der Waals surface area contributed by atoms with Gasteiger partial charge in [-0.15, -0.1) is 0 Å². The molecule has 0 bridgehead atoms. The minimum atomic E-state index is -4.32. The van der Waals surface area contributed by atoms with E-state index in [1.165, 1.54) is 26.3 Å². The van der Waals surface area contributed by atoms with Crippen LogP contribution in [-0.2, 0) is 23.9 Å². The second kappa shape index (κ2) is 8.71. The van der Waals surface area contributed by atoms with Crippen LogP contribution < -0.4 is 5.32 Å². The summed E-state index contributed by atoms with van der Waals surface area (Å²) in [6, 6.07) is 12.3. The number of aryl methyl sites for hydroxylation is 2. The van der Waals surface area contributed by atoms with Gasteiger partial charge in [-0.25, -0.2) is 9.86 Å². The smallest absolute Gasteiger partial charge is 0.306 e. The lowest BCUT2D eigenvalue weighted by molar-refractivity contribution is -0.137. The van der Waals surface area contributed by atoms with Gasteiger partial charge in [0.15, 0.2) is 0 Å². The van der Waals surface area contributed by atoms with E-state index >= 15 is 0 Å². The van der Waals surface area contributed by atoms with E-state index < -0.39 is 17.8 Å². The molecule has 4 nitrogen and oxygen atoms in total. The molecule has 2 aromatic carbocycles. The average Bonchev–Trinajstić information content (AvgIpc) is 2.61. The largest absolute Gasteiger partial charge is 0.416 e. The lowest BCUT2D eigenvalue weighted by Gasteiger charge is -2.15. The van der Waals surface area contributed by atoms with Gasteiger partial charge in [-0.05, 0) is 48.6 Å². The molecule has 0 saturated carbocycles. The topological polar surface area (TPSA) is 41.6 Å². The van der Waals surface area contributed by atoms with Crippen LogP contribution in [0.3, 0.4) is 0 Å². The van der Waals surface area contributed by atoms with Gasteiger partial charge in [-0.2, -0.15) is 13.2 Å². The van der Waals surface area contributed by atoms with Crippen molar-refractivity contribution in [2.45, 2.75) is 25.4 Å². The Morgan fingerprint density at radius 2 is 1.69 bits per heavy atom. The SMILES string of the molecule is CON(C)C(=O)Nc1cccc(CCCc2cccc(C(F)(F)F)c2)c1. The van der Waals surface area contributed by atoms with Crippen molar-refractivity contribution in [3.63, 3.8) is 0 Å². The lowest BCUT2D eigenvalue weighted by atomic mass is 10.0. The van der Waals surface area contributed by atoms with E-state index in [9.17, 15) is 18.0 Å². The highest BCUT2D eigenvalue weighted by molar-refractivity contribution is 5.88. The second-order valence-corrected chi connectivity index (χ2v) is 5.86. The lowest BCUT2D eigenvalue weighted by Crippen LogP contribution is -2.30. The molecule has 0 aromatic heterocycles. The van der Waals surface area contributed by atoms with Crippen LogP contribution in [0.15, 0.2) is 48.5 Å². The van der Waals surface area contributed by atoms with Gasteiger partial charge in [0, 0.05) is 12.7 Å². The monoisotopic (exact) mass is 366 g/mol. The van der Waals surface area contributed by atoms with Crippen LogP contribution >= 0.6 is 0 Å². The molecule has 2 amide bonds. The summed E-state index contributed by atoms with van der Waals surface area (Å²) in [4.78, 5) is 16.6. The number of hydrogen-bond acceptors (Lipinski definition) is 2. The van der Waals surface area contributed by atoms with Gasteiger partial charge in [0.1, 0.15) is 0 Å². The number of nitrogens with zero attached hydrogens (tertiary/aromatic N) is 1. The van der Waals surface area contributed by atoms with Crippen LogP contribution in [0.2, 0.25) is 0 Å². The standard InChI is InChI=1S/C19H21F3N2O2/c1-24(26-2)18(25)23-17-11-5-9-15(13-17)7-3-6-14-8-4-10-16(12-14)19(20,21)22/h4-5,8-13H,3,6-7H2,1-2H3,(H,23,25). The first-order valence-corrected chi connectivity index (χ1v) is 8.13. The first-order chi connectivity index (χ1) is 12.3. The third-order valence-electron chi connectivity index (χ3n) is 3.92. The Hall–Kier alpha value is -2.54. The first-order valence-electron chi connectivity index (χ1n) is 8.13. The summed E-state index contributed by atoms with van der Waals surface area (Å²) in [6.45, 7) is 0. The third-order valence-corrected chi connectivity index (χ3v) is 3.92. The maximum absolute atomic E-state index is 12.7. The molecule has 0 saturated heterocycles. The normalized spacial score (nSPS) is 11.3. The van der Waals surface area contributed by atoms with Gasteiger partial charge < -0.3 is 5.32 Å². The average molecular weight is 366 g/mol. The van der Waals surface area contributed by atoms with Gasteiger partial charge in [-0.1, -0.05) is 30.3 Å². The Labute approximate surface area is 150 Å². The molecule has 0 aliphatic carbocycles. The number of hydrogen-bond donors (Lipinski definition) is 1. The zero-order chi connectivity index (χ0) is 19.2. The van der Waals surface area contributed by atoms with Crippen molar-refractivity contribution in [3.05, 3.63) is 65.2 Å². The second-order valence-electron chi connectivity index (χ2n) is 5.86. The van der Waals surface area contributed by atoms with Crippen molar-refractivity contribution in [1.82, 2.24) is 5.06 Å². The van der Waals surface area contributed by atoms with Crippen LogP contribution in [0, 0.1) is 0 Å². The highest BCUT2D eigenvalue weighted by Gasteiger charge is 2.30. The fourth-order valence-electron chi connectivity index (χ4n) is 2.49. The van der Waals surface area contributed by atoms with E-state index in [-0.39, 0.29) is 0 Å². The zero-order valence-corrected chi connectivity index (χ0v) is 14.6. The summed E-state index contributed by atoms with van der Waals surface area (Å²) in [7, 11) is 2.89. The maximum atomic E-state index is 12.7. The van der Waals surface area contributed by atoms with Crippen molar-refractivity contribution < 1.29 is 22.8 Å². The highest BCUT2D eigenvalue weighted by atomic mass is 19.4. The van der Waals surface area contributed by atoms with Crippen LogP contribution in [0.25, 0.3) is 0 Å².